The molecule has 2 amide bonds. The summed E-state index contributed by atoms with van der Waals surface area (Å²) >= 11 is 0. The summed E-state index contributed by atoms with van der Waals surface area (Å²) in [5.74, 6) is 0.169. The number of carbonyl (C=O) groups excluding carboxylic acids is 2. The van der Waals surface area contributed by atoms with Gasteiger partial charge in [-0.1, -0.05) is 0 Å². The van der Waals surface area contributed by atoms with E-state index < -0.39 is 0 Å². The molecule has 1 aromatic rings. The molecule has 0 saturated heterocycles. The van der Waals surface area contributed by atoms with Crippen molar-refractivity contribution in [1.29, 1.82) is 0 Å². The van der Waals surface area contributed by atoms with Crippen molar-refractivity contribution in [2.45, 2.75) is 13.8 Å². The van der Waals surface area contributed by atoms with Crippen molar-refractivity contribution in [3.05, 3.63) is 29.8 Å². The number of hydrogen-bond acceptors (Lipinski definition) is 4. The van der Waals surface area contributed by atoms with E-state index >= 15 is 0 Å². The summed E-state index contributed by atoms with van der Waals surface area (Å²) in [6.07, 6.45) is 0. The highest BCUT2D eigenvalue weighted by Gasteiger charge is 2.13. The Balaban J connectivity index is 2.51. The average Bonchev–Trinajstić information content (AvgIpc) is 2.51. The lowest BCUT2D eigenvalue weighted by Crippen LogP contribution is -2.41. The lowest BCUT2D eigenvalue weighted by atomic mass is 10.2. The highest BCUT2D eigenvalue weighted by Crippen LogP contribution is 2.11. The molecule has 0 heterocycles. The van der Waals surface area contributed by atoms with Crippen LogP contribution in [-0.2, 0) is 4.79 Å². The molecule has 0 saturated carbocycles. The van der Waals surface area contributed by atoms with Crippen LogP contribution in [0.3, 0.4) is 0 Å². The topological polar surface area (TPSA) is 78.9 Å². The number of likely N-dealkylation sites (N-methyl/N-ethyl adjacent to an activating group) is 1. The van der Waals surface area contributed by atoms with Gasteiger partial charge in [0.15, 0.2) is 0 Å². The second-order valence-electron chi connectivity index (χ2n) is 4.34. The molecule has 0 radical (unpaired) electrons. The van der Waals surface area contributed by atoms with Gasteiger partial charge < -0.3 is 20.1 Å². The van der Waals surface area contributed by atoms with Crippen LogP contribution >= 0.6 is 0 Å². The molecular weight excluding hydrogens is 272 g/mol. The van der Waals surface area contributed by atoms with E-state index in [9.17, 15) is 9.59 Å². The summed E-state index contributed by atoms with van der Waals surface area (Å²) in [6.45, 7) is 4.87. The van der Waals surface area contributed by atoms with Gasteiger partial charge in [0, 0.05) is 18.7 Å². The molecule has 1 aromatic carbocycles. The Bertz CT molecular complexity index is 459. The maximum absolute atomic E-state index is 11.9. The van der Waals surface area contributed by atoms with Gasteiger partial charge >= 0.3 is 0 Å². The van der Waals surface area contributed by atoms with Crippen LogP contribution in [0.5, 0.6) is 5.75 Å². The van der Waals surface area contributed by atoms with Gasteiger partial charge in [0.1, 0.15) is 5.75 Å². The predicted octanol–water partition coefficient (Wildman–Crippen LogP) is 0.656. The molecule has 2 N–H and O–H groups in total. The van der Waals surface area contributed by atoms with Crippen LogP contribution in [0.15, 0.2) is 24.3 Å². The highest BCUT2D eigenvalue weighted by atomic mass is 16.5. The van der Waals surface area contributed by atoms with Crippen molar-refractivity contribution in [1.82, 2.24) is 10.2 Å². The summed E-state index contributed by atoms with van der Waals surface area (Å²) in [7, 11) is 0. The largest absolute Gasteiger partial charge is 0.494 e. The van der Waals surface area contributed by atoms with Gasteiger partial charge in [-0.25, -0.2) is 0 Å². The highest BCUT2D eigenvalue weighted by molar-refractivity contribution is 5.96. The van der Waals surface area contributed by atoms with E-state index in [1.165, 1.54) is 4.90 Å². The number of nitrogens with one attached hydrogen (secondary N) is 1. The minimum absolute atomic E-state index is 0.0834. The van der Waals surface area contributed by atoms with Gasteiger partial charge in [0.05, 0.1) is 19.8 Å². The number of aliphatic hydroxyl groups is 1. The van der Waals surface area contributed by atoms with E-state index in [1.807, 2.05) is 13.8 Å². The number of rotatable bonds is 8. The van der Waals surface area contributed by atoms with E-state index in [0.29, 0.717) is 24.5 Å². The molecule has 0 bridgehead atoms. The Morgan fingerprint density at radius 1 is 1.24 bits per heavy atom. The van der Waals surface area contributed by atoms with Crippen LogP contribution in [0.4, 0.5) is 0 Å². The Morgan fingerprint density at radius 3 is 2.43 bits per heavy atom. The van der Waals surface area contributed by atoms with Crippen molar-refractivity contribution in [3.63, 3.8) is 0 Å². The van der Waals surface area contributed by atoms with Gasteiger partial charge in [-0.15, -0.1) is 0 Å². The Hall–Kier alpha value is -2.08. The van der Waals surface area contributed by atoms with E-state index in [-0.39, 0.29) is 31.5 Å². The Kier molecular flexibility index (Phi) is 7.25. The second kappa shape index (κ2) is 8.97. The summed E-state index contributed by atoms with van der Waals surface area (Å²) in [6, 6.07) is 6.72. The molecule has 116 valence electrons. The molecular formula is C15H22N2O4. The van der Waals surface area contributed by atoms with Crippen LogP contribution in [0.25, 0.3) is 0 Å². The third-order valence-electron chi connectivity index (χ3n) is 2.93. The number of amides is 2. The Labute approximate surface area is 124 Å². The minimum atomic E-state index is -0.313. The quantitative estimate of drug-likeness (QED) is 0.738. The smallest absolute Gasteiger partial charge is 0.251 e. The number of hydrogen-bond donors (Lipinski definition) is 2. The SMILES string of the molecule is CCOc1ccc(C(=O)NCC(=O)N(CC)CCO)cc1. The maximum Gasteiger partial charge on any atom is 0.251 e. The fourth-order valence-electron chi connectivity index (χ4n) is 1.82. The second-order valence-corrected chi connectivity index (χ2v) is 4.34. The van der Waals surface area contributed by atoms with E-state index in [1.54, 1.807) is 24.3 Å². The van der Waals surface area contributed by atoms with Crippen LogP contribution in [0.1, 0.15) is 24.2 Å². The molecule has 0 spiro atoms. The molecule has 0 aromatic heterocycles. The fraction of sp³-hybridized carbons (Fsp3) is 0.467. The van der Waals surface area contributed by atoms with Gasteiger partial charge in [-0.05, 0) is 38.1 Å². The van der Waals surface area contributed by atoms with Crippen molar-refractivity contribution in [2.75, 3.05) is 32.8 Å². The fourth-order valence-corrected chi connectivity index (χ4v) is 1.82. The molecule has 6 heteroatoms. The molecule has 0 aliphatic heterocycles. The monoisotopic (exact) mass is 294 g/mol. The van der Waals surface area contributed by atoms with Crippen LogP contribution in [0, 0.1) is 0 Å². The zero-order valence-corrected chi connectivity index (χ0v) is 12.5. The molecule has 0 atom stereocenters. The summed E-state index contributed by atoms with van der Waals surface area (Å²) < 4.78 is 5.30. The molecule has 0 aliphatic rings. The summed E-state index contributed by atoms with van der Waals surface area (Å²) in [5.41, 5.74) is 0.469. The van der Waals surface area contributed by atoms with Gasteiger partial charge in [0.25, 0.3) is 5.91 Å². The first-order valence-corrected chi connectivity index (χ1v) is 7.02. The molecule has 0 unspecified atom stereocenters. The first-order valence-electron chi connectivity index (χ1n) is 7.02. The van der Waals surface area contributed by atoms with Gasteiger partial charge in [-0.3, -0.25) is 9.59 Å². The third kappa shape index (κ3) is 5.43. The maximum atomic E-state index is 11.9. The average molecular weight is 294 g/mol. The standard InChI is InChI=1S/C15H22N2O4/c1-3-17(9-10-18)14(19)11-16-15(20)12-5-7-13(8-6-12)21-4-2/h5-8,18H,3-4,9-11H2,1-2H3,(H,16,20). The summed E-state index contributed by atoms with van der Waals surface area (Å²) in [4.78, 5) is 25.2. The van der Waals surface area contributed by atoms with E-state index in [4.69, 9.17) is 9.84 Å². The lowest BCUT2D eigenvalue weighted by Gasteiger charge is -2.19. The Morgan fingerprint density at radius 2 is 1.90 bits per heavy atom. The number of nitrogens with zero attached hydrogens (tertiary/aromatic N) is 1. The predicted molar refractivity (Wildman–Crippen MR) is 79.3 cm³/mol. The number of aliphatic hydroxyl groups excluding tert-OH is 1. The van der Waals surface area contributed by atoms with Gasteiger partial charge in [0.2, 0.25) is 5.91 Å². The van der Waals surface area contributed by atoms with Crippen LogP contribution in [0.2, 0.25) is 0 Å². The van der Waals surface area contributed by atoms with Crippen molar-refractivity contribution < 1.29 is 19.4 Å². The lowest BCUT2D eigenvalue weighted by molar-refractivity contribution is -0.130. The molecule has 0 aliphatic carbocycles. The van der Waals surface area contributed by atoms with Gasteiger partial charge in [-0.2, -0.15) is 0 Å². The number of carbonyl (C=O) groups is 2. The molecule has 1 rings (SSSR count). The molecule has 0 fully saturated rings. The zero-order chi connectivity index (χ0) is 15.7. The number of ether oxygens (including phenoxy) is 1. The van der Waals surface area contributed by atoms with Crippen molar-refractivity contribution in [3.8, 4) is 5.75 Å². The first kappa shape index (κ1) is 17.0. The van der Waals surface area contributed by atoms with Crippen molar-refractivity contribution in [2.24, 2.45) is 0 Å². The zero-order valence-electron chi connectivity index (χ0n) is 12.5. The van der Waals surface area contributed by atoms with E-state index in [0.717, 1.165) is 0 Å². The molecule has 6 nitrogen and oxygen atoms in total. The first-order chi connectivity index (χ1) is 10.1. The van der Waals surface area contributed by atoms with E-state index in [2.05, 4.69) is 5.32 Å². The van der Waals surface area contributed by atoms with Crippen LogP contribution < -0.4 is 10.1 Å². The third-order valence-corrected chi connectivity index (χ3v) is 2.93. The number of benzene rings is 1. The van der Waals surface area contributed by atoms with Crippen molar-refractivity contribution >= 4 is 11.8 Å². The summed E-state index contributed by atoms with van der Waals surface area (Å²) in [5, 5.41) is 11.4. The minimum Gasteiger partial charge on any atom is -0.494 e. The van der Waals surface area contributed by atoms with Crippen LogP contribution in [-0.4, -0.2) is 54.7 Å². The molecule has 21 heavy (non-hydrogen) atoms. The normalized spacial score (nSPS) is 10.0.